The monoisotopic (exact) mass is 300 g/mol. The highest BCUT2D eigenvalue weighted by molar-refractivity contribution is 7.14. The fourth-order valence-electron chi connectivity index (χ4n) is 1.37. The minimum atomic E-state index is -0.546. The summed E-state index contributed by atoms with van der Waals surface area (Å²) in [5.41, 5.74) is 5.40. The van der Waals surface area contributed by atoms with Gasteiger partial charge in [0.05, 0.1) is 13.2 Å². The second-order valence-corrected chi connectivity index (χ2v) is 6.30. The number of amides is 1. The van der Waals surface area contributed by atoms with Crippen molar-refractivity contribution in [3.05, 3.63) is 21.9 Å². The Kier molecular flexibility index (Phi) is 5.52. The molecule has 20 heavy (non-hydrogen) atoms. The van der Waals surface area contributed by atoms with Gasteiger partial charge in [-0.1, -0.05) is 0 Å². The number of nitrogens with two attached hydrogens (primary N) is 1. The van der Waals surface area contributed by atoms with Crippen molar-refractivity contribution in [1.82, 2.24) is 5.32 Å². The number of nitrogens with one attached hydrogen (secondary N) is 1. The molecule has 0 fully saturated rings. The zero-order chi connectivity index (χ0) is 15.3. The summed E-state index contributed by atoms with van der Waals surface area (Å²) in [7, 11) is 1.33. The van der Waals surface area contributed by atoms with Crippen molar-refractivity contribution in [2.45, 2.75) is 32.4 Å². The van der Waals surface area contributed by atoms with Crippen LogP contribution in [0.5, 0.6) is 0 Å². The quantitative estimate of drug-likeness (QED) is 0.831. The van der Waals surface area contributed by atoms with Gasteiger partial charge in [-0.15, -0.1) is 11.3 Å². The zero-order valence-electron chi connectivity index (χ0n) is 12.1. The molecule has 0 bridgehead atoms. The molecule has 0 saturated carbocycles. The van der Waals surface area contributed by atoms with Crippen LogP contribution in [0.1, 0.15) is 41.4 Å². The van der Waals surface area contributed by atoms with Crippen molar-refractivity contribution in [2.24, 2.45) is 5.73 Å². The highest BCUT2D eigenvalue weighted by Crippen LogP contribution is 2.22. The second-order valence-electron chi connectivity index (χ2n) is 5.18. The first-order valence-electron chi connectivity index (χ1n) is 6.13. The lowest BCUT2D eigenvalue weighted by Gasteiger charge is -2.20. The summed E-state index contributed by atoms with van der Waals surface area (Å²) >= 11 is 1.25. The van der Waals surface area contributed by atoms with Gasteiger partial charge in [-0.25, -0.2) is 9.59 Å². The molecule has 1 amide bonds. The van der Waals surface area contributed by atoms with Crippen LogP contribution in [0, 0.1) is 0 Å². The first kappa shape index (κ1) is 16.5. The smallest absolute Gasteiger partial charge is 0.407 e. The van der Waals surface area contributed by atoms with E-state index in [9.17, 15) is 9.59 Å². The van der Waals surface area contributed by atoms with Crippen molar-refractivity contribution in [2.75, 3.05) is 13.7 Å². The summed E-state index contributed by atoms with van der Waals surface area (Å²) in [6.45, 7) is 5.59. The molecule has 0 spiro atoms. The highest BCUT2D eigenvalue weighted by atomic mass is 32.1. The van der Waals surface area contributed by atoms with Crippen LogP contribution in [0.3, 0.4) is 0 Å². The fraction of sp³-hybridized carbons (Fsp3) is 0.538. The lowest BCUT2D eigenvalue weighted by atomic mass is 10.2. The van der Waals surface area contributed by atoms with Crippen molar-refractivity contribution in [3.8, 4) is 0 Å². The molecule has 0 saturated heterocycles. The molecule has 1 rings (SSSR count). The van der Waals surface area contributed by atoms with Gasteiger partial charge < -0.3 is 20.5 Å². The second kappa shape index (κ2) is 6.71. The van der Waals surface area contributed by atoms with Crippen LogP contribution >= 0.6 is 11.3 Å². The third-order valence-electron chi connectivity index (χ3n) is 2.24. The molecule has 0 radical (unpaired) electrons. The van der Waals surface area contributed by atoms with E-state index in [0.717, 1.165) is 4.88 Å². The molecule has 0 aliphatic rings. The predicted octanol–water partition coefficient (Wildman–Crippen LogP) is 2.06. The van der Waals surface area contributed by atoms with Crippen molar-refractivity contribution in [1.29, 1.82) is 0 Å². The van der Waals surface area contributed by atoms with Crippen LogP contribution in [0.4, 0.5) is 4.79 Å². The number of alkyl carbamates (subject to hydrolysis) is 1. The van der Waals surface area contributed by atoms with Crippen LogP contribution in [0.2, 0.25) is 0 Å². The summed E-state index contributed by atoms with van der Waals surface area (Å²) < 4.78 is 9.73. The van der Waals surface area contributed by atoms with E-state index in [0.29, 0.717) is 4.88 Å². The van der Waals surface area contributed by atoms with Crippen molar-refractivity contribution >= 4 is 23.4 Å². The minimum absolute atomic E-state index is 0.232. The minimum Gasteiger partial charge on any atom is -0.465 e. The lowest BCUT2D eigenvalue weighted by molar-refractivity contribution is 0.0523. The molecular formula is C13H20N2O4S. The van der Waals surface area contributed by atoms with E-state index < -0.39 is 23.7 Å². The van der Waals surface area contributed by atoms with Gasteiger partial charge in [0.1, 0.15) is 10.5 Å². The number of ether oxygens (including phenoxy) is 2. The van der Waals surface area contributed by atoms with E-state index in [2.05, 4.69) is 10.1 Å². The van der Waals surface area contributed by atoms with Gasteiger partial charge in [0.25, 0.3) is 0 Å². The van der Waals surface area contributed by atoms with Crippen LogP contribution in [0.25, 0.3) is 0 Å². The molecule has 1 atom stereocenters. The first-order chi connectivity index (χ1) is 9.23. The van der Waals surface area contributed by atoms with Gasteiger partial charge in [-0.05, 0) is 32.9 Å². The van der Waals surface area contributed by atoms with Crippen LogP contribution in [-0.2, 0) is 9.47 Å². The number of rotatable bonds is 4. The van der Waals surface area contributed by atoms with E-state index in [1.165, 1.54) is 18.4 Å². The third-order valence-corrected chi connectivity index (χ3v) is 3.44. The number of carbonyl (C=O) groups is 2. The summed E-state index contributed by atoms with van der Waals surface area (Å²) in [6.07, 6.45) is -0.516. The Morgan fingerprint density at radius 3 is 2.60 bits per heavy atom. The summed E-state index contributed by atoms with van der Waals surface area (Å²) in [6, 6.07) is 3.00. The Balaban J connectivity index is 2.51. The average Bonchev–Trinajstić information content (AvgIpc) is 2.82. The van der Waals surface area contributed by atoms with Gasteiger partial charge in [-0.2, -0.15) is 0 Å². The Labute approximate surface area is 122 Å². The molecule has 3 N–H and O–H groups in total. The number of esters is 1. The Morgan fingerprint density at radius 1 is 1.40 bits per heavy atom. The number of carbonyl (C=O) groups excluding carboxylic acids is 2. The molecule has 0 aliphatic carbocycles. The molecular weight excluding hydrogens is 280 g/mol. The normalized spacial score (nSPS) is 12.7. The van der Waals surface area contributed by atoms with Gasteiger partial charge in [0.2, 0.25) is 0 Å². The molecule has 1 heterocycles. The van der Waals surface area contributed by atoms with E-state index >= 15 is 0 Å². The highest BCUT2D eigenvalue weighted by Gasteiger charge is 2.18. The largest absolute Gasteiger partial charge is 0.465 e. The van der Waals surface area contributed by atoms with E-state index in [4.69, 9.17) is 10.5 Å². The number of hydrogen-bond acceptors (Lipinski definition) is 6. The number of thiophene rings is 1. The van der Waals surface area contributed by atoms with E-state index in [1.54, 1.807) is 32.9 Å². The zero-order valence-corrected chi connectivity index (χ0v) is 12.9. The Bertz CT molecular complexity index is 479. The van der Waals surface area contributed by atoms with Crippen LogP contribution in [0.15, 0.2) is 12.1 Å². The van der Waals surface area contributed by atoms with Gasteiger partial charge in [0, 0.05) is 11.4 Å². The Hall–Kier alpha value is -1.60. The van der Waals surface area contributed by atoms with Gasteiger partial charge >= 0.3 is 12.1 Å². The third kappa shape index (κ3) is 5.18. The molecule has 7 heteroatoms. The van der Waals surface area contributed by atoms with Gasteiger partial charge in [-0.3, -0.25) is 0 Å². The van der Waals surface area contributed by atoms with Gasteiger partial charge in [0.15, 0.2) is 0 Å². The maximum atomic E-state index is 11.5. The Morgan fingerprint density at radius 2 is 2.05 bits per heavy atom. The summed E-state index contributed by atoms with van der Waals surface area (Å²) in [5.74, 6) is -0.395. The fourth-order valence-corrected chi connectivity index (χ4v) is 2.30. The maximum absolute atomic E-state index is 11.5. The van der Waals surface area contributed by atoms with Crippen LogP contribution < -0.4 is 11.1 Å². The van der Waals surface area contributed by atoms with Crippen molar-refractivity contribution in [3.63, 3.8) is 0 Å². The summed E-state index contributed by atoms with van der Waals surface area (Å²) in [4.78, 5) is 24.1. The predicted molar refractivity (Wildman–Crippen MR) is 76.8 cm³/mol. The lowest BCUT2D eigenvalue weighted by Crippen LogP contribution is -2.36. The number of methoxy groups -OCH3 is 1. The van der Waals surface area contributed by atoms with E-state index in [1.807, 2.05) is 0 Å². The molecule has 112 valence electrons. The molecule has 1 aromatic rings. The summed E-state index contributed by atoms with van der Waals surface area (Å²) in [5, 5.41) is 2.59. The first-order valence-corrected chi connectivity index (χ1v) is 6.95. The SMILES string of the molecule is COC(=O)c1ccc(C(N)CNC(=O)OC(C)(C)C)s1. The molecule has 1 unspecified atom stereocenters. The maximum Gasteiger partial charge on any atom is 0.407 e. The molecule has 1 aromatic heterocycles. The molecule has 0 aliphatic heterocycles. The van der Waals surface area contributed by atoms with Crippen LogP contribution in [-0.4, -0.2) is 31.3 Å². The molecule has 0 aromatic carbocycles. The average molecular weight is 300 g/mol. The topological polar surface area (TPSA) is 90.6 Å². The van der Waals surface area contributed by atoms with Crippen molar-refractivity contribution < 1.29 is 19.1 Å². The van der Waals surface area contributed by atoms with E-state index in [-0.39, 0.29) is 6.54 Å². The molecule has 6 nitrogen and oxygen atoms in total. The number of hydrogen-bond donors (Lipinski definition) is 2. The standard InChI is InChI=1S/C13H20N2O4S/c1-13(2,3)19-12(17)15-7-8(14)9-5-6-10(20-9)11(16)18-4/h5-6,8H,7,14H2,1-4H3,(H,15,17).